The molecule has 5 heteroatoms. The van der Waals surface area contributed by atoms with Crippen molar-refractivity contribution in [2.45, 2.75) is 6.92 Å². The Labute approximate surface area is 78.7 Å². The molecule has 0 fully saturated rings. The second-order valence-electron chi connectivity index (χ2n) is 2.63. The first-order valence-electron chi connectivity index (χ1n) is 3.74. The number of hydrogen-bond donors (Lipinski definition) is 1. The number of benzene rings is 1. The Morgan fingerprint density at radius 2 is 2.07 bits per heavy atom. The molecule has 0 saturated heterocycles. The van der Waals surface area contributed by atoms with Crippen molar-refractivity contribution >= 4 is 11.5 Å². The lowest BCUT2D eigenvalue weighted by molar-refractivity contribution is -0.111. The third-order valence-corrected chi connectivity index (χ3v) is 1.62. The van der Waals surface area contributed by atoms with Crippen molar-refractivity contribution in [2.75, 3.05) is 0 Å². The summed E-state index contributed by atoms with van der Waals surface area (Å²) in [5.41, 5.74) is -0.649. The molecule has 0 atom stereocenters. The van der Waals surface area contributed by atoms with Crippen LogP contribution in [0.3, 0.4) is 0 Å². The number of ketones is 1. The van der Waals surface area contributed by atoms with E-state index in [1.807, 2.05) is 0 Å². The van der Waals surface area contributed by atoms with E-state index < -0.39 is 23.1 Å². The summed E-state index contributed by atoms with van der Waals surface area (Å²) in [5, 5.41) is 11.1. The number of rotatable bonds is 2. The lowest BCUT2D eigenvalue weighted by atomic mass is 10.1. The van der Waals surface area contributed by atoms with E-state index in [0.29, 0.717) is 6.07 Å². The summed E-state index contributed by atoms with van der Waals surface area (Å²) >= 11 is 0. The van der Waals surface area contributed by atoms with Gasteiger partial charge in [0.1, 0.15) is 11.6 Å². The van der Waals surface area contributed by atoms with Gasteiger partial charge in [-0.1, -0.05) is 5.16 Å². The zero-order valence-corrected chi connectivity index (χ0v) is 7.29. The fourth-order valence-corrected chi connectivity index (χ4v) is 0.995. The van der Waals surface area contributed by atoms with Crippen LogP contribution in [0.2, 0.25) is 0 Å². The fourth-order valence-electron chi connectivity index (χ4n) is 0.995. The lowest BCUT2D eigenvalue weighted by Crippen LogP contribution is -2.13. The van der Waals surface area contributed by atoms with Crippen molar-refractivity contribution in [3.05, 3.63) is 35.4 Å². The molecule has 1 aromatic rings. The predicted octanol–water partition coefficient (Wildman–Crippen LogP) is 1.73. The summed E-state index contributed by atoms with van der Waals surface area (Å²) in [6.07, 6.45) is 0. The first kappa shape index (κ1) is 10.3. The topological polar surface area (TPSA) is 49.7 Å². The normalized spacial score (nSPS) is 11.5. The average Bonchev–Trinajstić information content (AvgIpc) is 2.09. The molecule has 0 unspecified atom stereocenters. The molecule has 74 valence electrons. The molecule has 0 radical (unpaired) electrons. The van der Waals surface area contributed by atoms with Crippen molar-refractivity contribution in [3.8, 4) is 0 Å². The minimum absolute atomic E-state index is 0.221. The zero-order chi connectivity index (χ0) is 10.7. The quantitative estimate of drug-likeness (QED) is 0.448. The minimum Gasteiger partial charge on any atom is -0.410 e. The van der Waals surface area contributed by atoms with Crippen LogP contribution in [0, 0.1) is 11.6 Å². The number of halogens is 2. The van der Waals surface area contributed by atoms with Gasteiger partial charge in [-0.15, -0.1) is 0 Å². The molecule has 0 saturated carbocycles. The van der Waals surface area contributed by atoms with Crippen molar-refractivity contribution in [3.63, 3.8) is 0 Å². The van der Waals surface area contributed by atoms with Gasteiger partial charge in [-0.2, -0.15) is 0 Å². The van der Waals surface area contributed by atoms with Crippen LogP contribution in [0.5, 0.6) is 0 Å². The van der Waals surface area contributed by atoms with Gasteiger partial charge in [-0.25, -0.2) is 8.78 Å². The fraction of sp³-hybridized carbons (Fsp3) is 0.111. The maximum absolute atomic E-state index is 13.1. The van der Waals surface area contributed by atoms with Crippen LogP contribution in [0.15, 0.2) is 23.4 Å². The Bertz CT molecular complexity index is 402. The van der Waals surface area contributed by atoms with Gasteiger partial charge in [0, 0.05) is 18.6 Å². The third kappa shape index (κ3) is 1.93. The highest BCUT2D eigenvalue weighted by Crippen LogP contribution is 2.11. The Morgan fingerprint density at radius 3 is 2.50 bits per heavy atom. The van der Waals surface area contributed by atoms with Crippen molar-refractivity contribution in [1.82, 2.24) is 0 Å². The molecule has 14 heavy (non-hydrogen) atoms. The number of nitrogens with zero attached hydrogens (tertiary/aromatic N) is 1. The second-order valence-corrected chi connectivity index (χ2v) is 2.63. The molecule has 0 aliphatic carbocycles. The van der Waals surface area contributed by atoms with E-state index >= 15 is 0 Å². The number of carbonyl (C=O) groups is 1. The maximum Gasteiger partial charge on any atom is 0.182 e. The largest absolute Gasteiger partial charge is 0.410 e. The summed E-state index contributed by atoms with van der Waals surface area (Å²) in [4.78, 5) is 10.9. The van der Waals surface area contributed by atoms with Crippen LogP contribution in [0.1, 0.15) is 12.5 Å². The molecule has 0 heterocycles. The lowest BCUT2D eigenvalue weighted by Gasteiger charge is -2.01. The van der Waals surface area contributed by atoms with Crippen molar-refractivity contribution in [2.24, 2.45) is 5.16 Å². The average molecular weight is 199 g/mol. The highest BCUT2D eigenvalue weighted by molar-refractivity contribution is 6.45. The highest BCUT2D eigenvalue weighted by atomic mass is 19.1. The molecule has 1 N–H and O–H groups in total. The number of oxime groups is 1. The van der Waals surface area contributed by atoms with Gasteiger partial charge in [0.05, 0.1) is 0 Å². The number of hydrogen-bond acceptors (Lipinski definition) is 3. The van der Waals surface area contributed by atoms with E-state index in [1.165, 1.54) is 0 Å². The summed E-state index contributed by atoms with van der Waals surface area (Å²) in [5.74, 6) is -2.29. The van der Waals surface area contributed by atoms with E-state index in [-0.39, 0.29) is 5.56 Å². The SMILES string of the molecule is CC(=O)/C(=N/O)c1ccc(F)cc1F. The van der Waals surface area contributed by atoms with E-state index in [4.69, 9.17) is 5.21 Å². The van der Waals surface area contributed by atoms with Crippen molar-refractivity contribution < 1.29 is 18.8 Å². The van der Waals surface area contributed by atoms with Gasteiger partial charge >= 0.3 is 0 Å². The molecular formula is C9H7F2NO2. The number of Topliss-reactive ketones (excluding diaryl/α,β-unsaturated/α-hetero) is 1. The van der Waals surface area contributed by atoms with E-state index in [0.717, 1.165) is 19.1 Å². The van der Waals surface area contributed by atoms with Gasteiger partial charge < -0.3 is 5.21 Å². The monoisotopic (exact) mass is 199 g/mol. The summed E-state index contributed by atoms with van der Waals surface area (Å²) in [6, 6.07) is 2.64. The molecule has 1 aromatic carbocycles. The molecular weight excluding hydrogens is 192 g/mol. The molecule has 3 nitrogen and oxygen atoms in total. The first-order chi connectivity index (χ1) is 6.56. The summed E-state index contributed by atoms with van der Waals surface area (Å²) in [7, 11) is 0. The Hall–Kier alpha value is -1.78. The van der Waals surface area contributed by atoms with Crippen LogP contribution in [0.25, 0.3) is 0 Å². The van der Waals surface area contributed by atoms with Crippen LogP contribution < -0.4 is 0 Å². The smallest absolute Gasteiger partial charge is 0.182 e. The predicted molar refractivity (Wildman–Crippen MR) is 45.4 cm³/mol. The van der Waals surface area contributed by atoms with Crippen LogP contribution in [-0.2, 0) is 4.79 Å². The summed E-state index contributed by atoms with van der Waals surface area (Å²) in [6.45, 7) is 1.12. The van der Waals surface area contributed by atoms with Crippen molar-refractivity contribution in [1.29, 1.82) is 0 Å². The molecule has 0 bridgehead atoms. The van der Waals surface area contributed by atoms with Gasteiger partial charge in [-0.05, 0) is 12.1 Å². The molecule has 0 aliphatic rings. The molecule has 0 aliphatic heterocycles. The standard InChI is InChI=1S/C9H7F2NO2/c1-5(13)9(12-14)7-3-2-6(10)4-8(7)11/h2-4,14H,1H3/b12-9-. The summed E-state index contributed by atoms with van der Waals surface area (Å²) < 4.78 is 25.6. The first-order valence-corrected chi connectivity index (χ1v) is 3.74. The molecule has 1 rings (SSSR count). The minimum atomic E-state index is -0.937. The molecule has 0 amide bonds. The molecule has 0 aromatic heterocycles. The van der Waals surface area contributed by atoms with Crippen LogP contribution >= 0.6 is 0 Å². The highest BCUT2D eigenvalue weighted by Gasteiger charge is 2.15. The Kier molecular flexibility index (Phi) is 2.91. The van der Waals surface area contributed by atoms with Gasteiger partial charge in [0.2, 0.25) is 0 Å². The van der Waals surface area contributed by atoms with Crippen LogP contribution in [0.4, 0.5) is 8.78 Å². The van der Waals surface area contributed by atoms with Gasteiger partial charge in [0.25, 0.3) is 0 Å². The zero-order valence-electron chi connectivity index (χ0n) is 7.29. The van der Waals surface area contributed by atoms with E-state index in [1.54, 1.807) is 0 Å². The number of carbonyl (C=O) groups excluding carboxylic acids is 1. The van der Waals surface area contributed by atoms with Gasteiger partial charge in [0.15, 0.2) is 11.5 Å². The molecule has 0 spiro atoms. The maximum atomic E-state index is 13.1. The Balaban J connectivity index is 3.25. The second kappa shape index (κ2) is 3.95. The van der Waals surface area contributed by atoms with E-state index in [9.17, 15) is 13.6 Å². The van der Waals surface area contributed by atoms with Crippen LogP contribution in [-0.4, -0.2) is 16.7 Å². The third-order valence-electron chi connectivity index (χ3n) is 1.62. The van der Waals surface area contributed by atoms with Gasteiger partial charge in [-0.3, -0.25) is 4.79 Å². The Morgan fingerprint density at radius 1 is 1.43 bits per heavy atom. The van der Waals surface area contributed by atoms with E-state index in [2.05, 4.69) is 5.16 Å².